The molecular formula is C16H25F3N2. The number of nitrogens with one attached hydrogen (secondary N) is 1. The fourth-order valence-corrected chi connectivity index (χ4v) is 2.24. The maximum absolute atomic E-state index is 12.3. The molecule has 1 aromatic carbocycles. The quantitative estimate of drug-likeness (QED) is 0.735. The van der Waals surface area contributed by atoms with Gasteiger partial charge < -0.3 is 5.32 Å². The molecule has 1 atom stereocenters. The summed E-state index contributed by atoms with van der Waals surface area (Å²) >= 11 is 0. The molecule has 0 amide bonds. The second-order valence-corrected chi connectivity index (χ2v) is 5.63. The number of rotatable bonds is 8. The van der Waals surface area contributed by atoms with Gasteiger partial charge in [-0.05, 0) is 37.1 Å². The Morgan fingerprint density at radius 3 is 2.33 bits per heavy atom. The first kappa shape index (κ1) is 18.0. The number of hydrogen-bond acceptors (Lipinski definition) is 2. The Hall–Kier alpha value is -1.07. The summed E-state index contributed by atoms with van der Waals surface area (Å²) in [5.74, 6) is 0.401. The van der Waals surface area contributed by atoms with Crippen LogP contribution >= 0.6 is 0 Å². The summed E-state index contributed by atoms with van der Waals surface area (Å²) in [5.41, 5.74) is 2.11. The second kappa shape index (κ2) is 8.39. The lowest BCUT2D eigenvalue weighted by molar-refractivity contribution is -0.144. The molecule has 1 N–H and O–H groups in total. The van der Waals surface area contributed by atoms with Gasteiger partial charge in [0.05, 0.1) is 6.54 Å². The standard InChI is InChI=1S/C16H25F3N2/c1-4-9-20-10-13(2)15-7-5-14(6-8-15)11-21(3)12-16(17,18)19/h5-8,13,20H,4,9-12H2,1-3H3. The predicted molar refractivity (Wildman–Crippen MR) is 80.4 cm³/mol. The van der Waals surface area contributed by atoms with E-state index in [1.54, 1.807) is 0 Å². The molecule has 0 aliphatic carbocycles. The van der Waals surface area contributed by atoms with Crippen molar-refractivity contribution in [1.82, 2.24) is 10.2 Å². The van der Waals surface area contributed by atoms with Crippen molar-refractivity contribution in [2.24, 2.45) is 0 Å². The molecule has 2 nitrogen and oxygen atoms in total. The van der Waals surface area contributed by atoms with E-state index in [1.807, 2.05) is 24.3 Å². The highest BCUT2D eigenvalue weighted by molar-refractivity contribution is 5.25. The van der Waals surface area contributed by atoms with Crippen LogP contribution < -0.4 is 5.32 Å². The Morgan fingerprint density at radius 1 is 1.19 bits per heavy atom. The van der Waals surface area contributed by atoms with Gasteiger partial charge >= 0.3 is 6.18 Å². The van der Waals surface area contributed by atoms with Gasteiger partial charge in [-0.1, -0.05) is 38.1 Å². The SMILES string of the molecule is CCCNCC(C)c1ccc(CN(C)CC(F)(F)F)cc1. The monoisotopic (exact) mass is 302 g/mol. The van der Waals surface area contributed by atoms with E-state index >= 15 is 0 Å². The number of halogens is 3. The molecule has 0 radical (unpaired) electrons. The van der Waals surface area contributed by atoms with Gasteiger partial charge in [-0.25, -0.2) is 0 Å². The van der Waals surface area contributed by atoms with Gasteiger partial charge in [-0.15, -0.1) is 0 Å². The van der Waals surface area contributed by atoms with Crippen LogP contribution in [0, 0.1) is 0 Å². The van der Waals surface area contributed by atoms with Crippen LogP contribution in [0.4, 0.5) is 13.2 Å². The molecule has 0 bridgehead atoms. The Kier molecular flexibility index (Phi) is 7.18. The Bertz CT molecular complexity index is 401. The lowest BCUT2D eigenvalue weighted by Gasteiger charge is -2.19. The van der Waals surface area contributed by atoms with Crippen molar-refractivity contribution in [3.8, 4) is 0 Å². The third-order valence-corrected chi connectivity index (χ3v) is 3.33. The lowest BCUT2D eigenvalue weighted by Crippen LogP contribution is -2.30. The molecule has 1 unspecified atom stereocenters. The highest BCUT2D eigenvalue weighted by atomic mass is 19.4. The molecule has 0 fully saturated rings. The van der Waals surface area contributed by atoms with Crippen molar-refractivity contribution < 1.29 is 13.2 Å². The van der Waals surface area contributed by atoms with Crippen LogP contribution in [-0.2, 0) is 6.54 Å². The highest BCUT2D eigenvalue weighted by Gasteiger charge is 2.28. The first-order valence-electron chi connectivity index (χ1n) is 7.36. The molecule has 1 rings (SSSR count). The first-order valence-corrected chi connectivity index (χ1v) is 7.36. The van der Waals surface area contributed by atoms with Crippen molar-refractivity contribution in [3.63, 3.8) is 0 Å². The van der Waals surface area contributed by atoms with Crippen LogP contribution in [0.5, 0.6) is 0 Å². The van der Waals surface area contributed by atoms with Crippen molar-refractivity contribution >= 4 is 0 Å². The van der Waals surface area contributed by atoms with Crippen LogP contribution in [0.15, 0.2) is 24.3 Å². The molecule has 120 valence electrons. The molecule has 0 saturated carbocycles. The van der Waals surface area contributed by atoms with E-state index in [2.05, 4.69) is 19.2 Å². The van der Waals surface area contributed by atoms with Crippen LogP contribution in [0.3, 0.4) is 0 Å². The van der Waals surface area contributed by atoms with Crippen molar-refractivity contribution in [1.29, 1.82) is 0 Å². The summed E-state index contributed by atoms with van der Waals surface area (Å²) in [6.45, 7) is 5.62. The average Bonchev–Trinajstić information content (AvgIpc) is 2.37. The zero-order valence-electron chi connectivity index (χ0n) is 13.0. The molecule has 0 aliphatic heterocycles. The molecule has 0 saturated heterocycles. The third kappa shape index (κ3) is 7.48. The summed E-state index contributed by atoms with van der Waals surface area (Å²) in [5, 5.41) is 3.37. The third-order valence-electron chi connectivity index (χ3n) is 3.33. The van der Waals surface area contributed by atoms with Crippen molar-refractivity contribution in [3.05, 3.63) is 35.4 Å². The Balaban J connectivity index is 2.49. The topological polar surface area (TPSA) is 15.3 Å². The smallest absolute Gasteiger partial charge is 0.316 e. The molecule has 0 heterocycles. The van der Waals surface area contributed by atoms with E-state index in [-0.39, 0.29) is 0 Å². The number of nitrogens with zero attached hydrogens (tertiary/aromatic N) is 1. The molecule has 21 heavy (non-hydrogen) atoms. The van der Waals surface area contributed by atoms with Crippen molar-refractivity contribution in [2.75, 3.05) is 26.7 Å². The van der Waals surface area contributed by atoms with Gasteiger partial charge in [0.1, 0.15) is 0 Å². The average molecular weight is 302 g/mol. The van der Waals surface area contributed by atoms with Gasteiger partial charge in [0.2, 0.25) is 0 Å². The van der Waals surface area contributed by atoms with Crippen LogP contribution in [0.25, 0.3) is 0 Å². The summed E-state index contributed by atoms with van der Waals surface area (Å²) in [6.07, 6.45) is -3.04. The van der Waals surface area contributed by atoms with Crippen LogP contribution in [0.1, 0.15) is 37.3 Å². The maximum Gasteiger partial charge on any atom is 0.401 e. The Labute approximate surface area is 125 Å². The molecule has 1 aromatic rings. The highest BCUT2D eigenvalue weighted by Crippen LogP contribution is 2.19. The fourth-order valence-electron chi connectivity index (χ4n) is 2.24. The van der Waals surface area contributed by atoms with E-state index in [0.29, 0.717) is 12.5 Å². The molecule has 5 heteroatoms. The normalized spacial score (nSPS) is 13.7. The first-order chi connectivity index (χ1) is 9.81. The molecule has 0 aromatic heterocycles. The molecule has 0 aliphatic rings. The summed E-state index contributed by atoms with van der Waals surface area (Å²) in [7, 11) is 1.48. The van der Waals surface area contributed by atoms with E-state index < -0.39 is 12.7 Å². The minimum Gasteiger partial charge on any atom is -0.316 e. The van der Waals surface area contributed by atoms with Gasteiger partial charge in [-0.3, -0.25) is 4.90 Å². The van der Waals surface area contributed by atoms with E-state index in [4.69, 9.17) is 0 Å². The van der Waals surface area contributed by atoms with Gasteiger partial charge in [-0.2, -0.15) is 13.2 Å². The van der Waals surface area contributed by atoms with Crippen LogP contribution in [-0.4, -0.2) is 37.8 Å². The fraction of sp³-hybridized carbons (Fsp3) is 0.625. The minimum atomic E-state index is -4.14. The zero-order chi connectivity index (χ0) is 15.9. The zero-order valence-corrected chi connectivity index (χ0v) is 13.0. The largest absolute Gasteiger partial charge is 0.401 e. The van der Waals surface area contributed by atoms with Gasteiger partial charge in [0.25, 0.3) is 0 Å². The summed E-state index contributed by atoms with van der Waals surface area (Å²) < 4.78 is 36.8. The van der Waals surface area contributed by atoms with Gasteiger partial charge in [0.15, 0.2) is 0 Å². The van der Waals surface area contributed by atoms with Crippen molar-refractivity contribution in [2.45, 2.75) is 38.9 Å². The minimum absolute atomic E-state index is 0.308. The number of hydrogen-bond donors (Lipinski definition) is 1. The number of benzene rings is 1. The van der Waals surface area contributed by atoms with E-state index in [0.717, 1.165) is 25.1 Å². The summed E-state index contributed by atoms with van der Waals surface area (Å²) in [6, 6.07) is 7.85. The molecule has 0 spiro atoms. The predicted octanol–water partition coefficient (Wildman–Crippen LogP) is 3.78. The Morgan fingerprint density at radius 2 is 1.81 bits per heavy atom. The number of alkyl halides is 3. The molecular weight excluding hydrogens is 277 g/mol. The van der Waals surface area contributed by atoms with Gasteiger partial charge in [0, 0.05) is 13.1 Å². The van der Waals surface area contributed by atoms with E-state index in [1.165, 1.54) is 17.5 Å². The summed E-state index contributed by atoms with van der Waals surface area (Å²) in [4.78, 5) is 1.28. The maximum atomic E-state index is 12.3. The van der Waals surface area contributed by atoms with E-state index in [9.17, 15) is 13.2 Å². The van der Waals surface area contributed by atoms with Crippen LogP contribution in [0.2, 0.25) is 0 Å². The second-order valence-electron chi connectivity index (χ2n) is 5.63. The lowest BCUT2D eigenvalue weighted by atomic mass is 9.99.